The average molecular weight is 284 g/mol. The lowest BCUT2D eigenvalue weighted by Crippen LogP contribution is -2.19. The molecule has 0 aliphatic carbocycles. The molecule has 0 radical (unpaired) electrons. The molecular weight excluding hydrogens is 266 g/mol. The van der Waals surface area contributed by atoms with Gasteiger partial charge in [0, 0.05) is 6.07 Å². The number of halogens is 2. The van der Waals surface area contributed by atoms with Gasteiger partial charge in [0.2, 0.25) is 0 Å². The second-order valence-electron chi connectivity index (χ2n) is 4.73. The van der Waals surface area contributed by atoms with Gasteiger partial charge in [0.25, 0.3) is 6.02 Å². The summed E-state index contributed by atoms with van der Waals surface area (Å²) in [6.07, 6.45) is 2.04. The molecule has 2 atom stereocenters. The Kier molecular flexibility index (Phi) is 4.76. The van der Waals surface area contributed by atoms with Crippen LogP contribution in [0.5, 0.6) is 5.75 Å². The van der Waals surface area contributed by atoms with Crippen LogP contribution in [0.15, 0.2) is 23.2 Å². The Hall–Kier alpha value is -1.85. The number of hydrogen-bond donors (Lipinski definition) is 1. The third kappa shape index (κ3) is 3.82. The van der Waals surface area contributed by atoms with Crippen molar-refractivity contribution in [3.05, 3.63) is 29.8 Å². The van der Waals surface area contributed by atoms with Gasteiger partial charge in [0.05, 0.1) is 12.1 Å². The third-order valence-corrected chi connectivity index (χ3v) is 3.20. The highest BCUT2D eigenvalue weighted by Crippen LogP contribution is 2.22. The molecule has 1 aromatic rings. The Balaban J connectivity index is 1.88. The fraction of sp³-hybridized carbons (Fsp3) is 0.500. The van der Waals surface area contributed by atoms with Crippen LogP contribution in [-0.4, -0.2) is 24.8 Å². The van der Waals surface area contributed by atoms with Gasteiger partial charge in [-0.3, -0.25) is 0 Å². The van der Waals surface area contributed by atoms with Crippen LogP contribution in [0.1, 0.15) is 26.2 Å². The molecule has 0 unspecified atom stereocenters. The SMILES string of the molecule is CC[C@@H](CC[C@H]1COC(N)=N1)Oc1ccc(F)cc1F. The van der Waals surface area contributed by atoms with E-state index in [2.05, 4.69) is 4.99 Å². The molecule has 110 valence electrons. The molecule has 2 N–H and O–H groups in total. The Morgan fingerprint density at radius 1 is 1.50 bits per heavy atom. The number of ether oxygens (including phenoxy) is 2. The predicted octanol–water partition coefficient (Wildman–Crippen LogP) is 2.62. The molecule has 0 amide bonds. The van der Waals surface area contributed by atoms with E-state index in [9.17, 15) is 8.78 Å². The lowest BCUT2D eigenvalue weighted by molar-refractivity contribution is 0.170. The molecular formula is C14H18F2N2O2. The number of aliphatic imine (C=N–C) groups is 1. The van der Waals surface area contributed by atoms with E-state index in [1.165, 1.54) is 12.1 Å². The summed E-state index contributed by atoms with van der Waals surface area (Å²) in [5, 5.41) is 0. The van der Waals surface area contributed by atoms with Gasteiger partial charge in [-0.05, 0) is 31.4 Å². The van der Waals surface area contributed by atoms with Gasteiger partial charge in [-0.25, -0.2) is 13.8 Å². The van der Waals surface area contributed by atoms with E-state index >= 15 is 0 Å². The zero-order chi connectivity index (χ0) is 14.5. The quantitative estimate of drug-likeness (QED) is 0.873. The van der Waals surface area contributed by atoms with Gasteiger partial charge in [-0.2, -0.15) is 0 Å². The molecule has 0 bridgehead atoms. The smallest absolute Gasteiger partial charge is 0.282 e. The molecule has 0 fully saturated rings. The van der Waals surface area contributed by atoms with Gasteiger partial charge < -0.3 is 15.2 Å². The molecule has 4 nitrogen and oxygen atoms in total. The zero-order valence-corrected chi connectivity index (χ0v) is 11.3. The first kappa shape index (κ1) is 14.6. The molecule has 0 saturated heterocycles. The lowest BCUT2D eigenvalue weighted by Gasteiger charge is -2.18. The molecule has 0 saturated carbocycles. The summed E-state index contributed by atoms with van der Waals surface area (Å²) < 4.78 is 37.0. The molecule has 20 heavy (non-hydrogen) atoms. The van der Waals surface area contributed by atoms with E-state index in [4.69, 9.17) is 15.2 Å². The number of hydrogen-bond acceptors (Lipinski definition) is 4. The molecule has 2 rings (SSSR count). The highest BCUT2D eigenvalue weighted by atomic mass is 19.1. The minimum atomic E-state index is -0.685. The molecule has 0 spiro atoms. The van der Waals surface area contributed by atoms with Crippen molar-refractivity contribution in [2.24, 2.45) is 10.7 Å². The van der Waals surface area contributed by atoms with Crippen molar-refractivity contribution < 1.29 is 18.3 Å². The summed E-state index contributed by atoms with van der Waals surface area (Å²) in [5.41, 5.74) is 5.43. The number of nitrogens with zero attached hydrogens (tertiary/aromatic N) is 1. The van der Waals surface area contributed by atoms with Crippen molar-refractivity contribution in [3.63, 3.8) is 0 Å². The van der Waals surface area contributed by atoms with Gasteiger partial charge in [0.15, 0.2) is 11.6 Å². The molecule has 0 aromatic heterocycles. The summed E-state index contributed by atoms with van der Waals surface area (Å²) in [6.45, 7) is 2.43. The Labute approximate surface area is 116 Å². The Morgan fingerprint density at radius 3 is 2.90 bits per heavy atom. The van der Waals surface area contributed by atoms with Crippen molar-refractivity contribution in [2.45, 2.75) is 38.3 Å². The van der Waals surface area contributed by atoms with Gasteiger partial charge in [-0.15, -0.1) is 0 Å². The molecule has 6 heteroatoms. The first-order valence-electron chi connectivity index (χ1n) is 6.66. The summed E-state index contributed by atoms with van der Waals surface area (Å²) in [5.74, 6) is -1.23. The summed E-state index contributed by atoms with van der Waals surface area (Å²) in [6, 6.07) is 3.56. The highest BCUT2D eigenvalue weighted by Gasteiger charge is 2.19. The number of amidine groups is 1. The lowest BCUT2D eigenvalue weighted by atomic mass is 10.1. The molecule has 1 aliphatic heterocycles. The molecule has 1 aliphatic rings. The van der Waals surface area contributed by atoms with Crippen LogP contribution in [0.25, 0.3) is 0 Å². The van der Waals surface area contributed by atoms with E-state index in [1.54, 1.807) is 0 Å². The van der Waals surface area contributed by atoms with E-state index < -0.39 is 11.6 Å². The van der Waals surface area contributed by atoms with Crippen LogP contribution in [0.3, 0.4) is 0 Å². The maximum absolute atomic E-state index is 13.5. The number of nitrogens with two attached hydrogens (primary N) is 1. The van der Waals surface area contributed by atoms with E-state index in [0.717, 1.165) is 18.9 Å². The average Bonchev–Trinajstić information content (AvgIpc) is 2.82. The van der Waals surface area contributed by atoms with Gasteiger partial charge in [0.1, 0.15) is 12.4 Å². The second-order valence-corrected chi connectivity index (χ2v) is 4.73. The molecule has 1 aromatic carbocycles. The van der Waals surface area contributed by atoms with Gasteiger partial charge in [-0.1, -0.05) is 6.92 Å². The number of benzene rings is 1. The van der Waals surface area contributed by atoms with Crippen LogP contribution in [0.4, 0.5) is 8.78 Å². The third-order valence-electron chi connectivity index (χ3n) is 3.20. The standard InChI is InChI=1S/C14H18F2N2O2/c1-2-11(5-4-10-8-19-14(17)18-10)20-13-6-3-9(15)7-12(13)16/h3,6-7,10-11H,2,4-5,8H2,1H3,(H2,17,18)/t10-,11-/m0/s1. The first-order valence-corrected chi connectivity index (χ1v) is 6.66. The Morgan fingerprint density at radius 2 is 2.30 bits per heavy atom. The summed E-state index contributed by atoms with van der Waals surface area (Å²) in [4.78, 5) is 4.12. The fourth-order valence-electron chi connectivity index (χ4n) is 2.06. The van der Waals surface area contributed by atoms with Crippen LogP contribution in [-0.2, 0) is 4.74 Å². The predicted molar refractivity (Wildman–Crippen MR) is 71.7 cm³/mol. The van der Waals surface area contributed by atoms with E-state index in [-0.39, 0.29) is 23.9 Å². The minimum Gasteiger partial charge on any atom is -0.487 e. The van der Waals surface area contributed by atoms with Crippen molar-refractivity contribution in [3.8, 4) is 5.75 Å². The number of rotatable bonds is 6. The van der Waals surface area contributed by atoms with Gasteiger partial charge >= 0.3 is 0 Å². The van der Waals surface area contributed by atoms with E-state index in [0.29, 0.717) is 13.0 Å². The zero-order valence-electron chi connectivity index (χ0n) is 11.3. The van der Waals surface area contributed by atoms with Crippen LogP contribution >= 0.6 is 0 Å². The first-order chi connectivity index (χ1) is 9.58. The maximum atomic E-state index is 13.5. The molecule has 1 heterocycles. The normalized spacial score (nSPS) is 19.4. The van der Waals surface area contributed by atoms with Crippen molar-refractivity contribution in [2.75, 3.05) is 6.61 Å². The summed E-state index contributed by atoms with van der Waals surface area (Å²) >= 11 is 0. The van der Waals surface area contributed by atoms with Crippen molar-refractivity contribution in [1.82, 2.24) is 0 Å². The summed E-state index contributed by atoms with van der Waals surface area (Å²) in [7, 11) is 0. The van der Waals surface area contributed by atoms with Crippen molar-refractivity contribution in [1.29, 1.82) is 0 Å². The van der Waals surface area contributed by atoms with E-state index in [1.807, 2.05) is 6.92 Å². The van der Waals surface area contributed by atoms with Crippen LogP contribution in [0, 0.1) is 11.6 Å². The van der Waals surface area contributed by atoms with Crippen LogP contribution < -0.4 is 10.5 Å². The highest BCUT2D eigenvalue weighted by molar-refractivity contribution is 5.72. The minimum absolute atomic E-state index is 0.0331. The Bertz CT molecular complexity index is 494. The van der Waals surface area contributed by atoms with Crippen LogP contribution in [0.2, 0.25) is 0 Å². The largest absolute Gasteiger partial charge is 0.487 e. The topological polar surface area (TPSA) is 56.8 Å². The maximum Gasteiger partial charge on any atom is 0.282 e. The second kappa shape index (κ2) is 6.54. The van der Waals surface area contributed by atoms with Crippen molar-refractivity contribution >= 4 is 6.02 Å². The monoisotopic (exact) mass is 284 g/mol. The fourth-order valence-corrected chi connectivity index (χ4v) is 2.06.